The van der Waals surface area contributed by atoms with Crippen molar-refractivity contribution in [2.45, 2.75) is 31.9 Å². The summed E-state index contributed by atoms with van der Waals surface area (Å²) in [6.07, 6.45) is 2.46. The molecule has 1 aliphatic rings. The smallest absolute Gasteiger partial charge is 0.227 e. The van der Waals surface area contributed by atoms with Crippen LogP contribution in [0.25, 0.3) is 10.9 Å². The second kappa shape index (κ2) is 10.4. The van der Waals surface area contributed by atoms with Gasteiger partial charge in [0.1, 0.15) is 22.8 Å². The SMILES string of the molecule is COc1ccc(OC)c2nc(N(C)C)c(CN(CC3CCCO3)C(=O)Cc3ccsc3)cc12. The Hall–Kier alpha value is -2.84. The summed E-state index contributed by atoms with van der Waals surface area (Å²) in [5, 5.41) is 4.89. The number of nitrogens with zero attached hydrogens (tertiary/aromatic N) is 3. The number of carbonyl (C=O) groups is 1. The van der Waals surface area contributed by atoms with Crippen molar-refractivity contribution in [1.29, 1.82) is 0 Å². The highest BCUT2D eigenvalue weighted by molar-refractivity contribution is 7.08. The maximum atomic E-state index is 13.4. The minimum absolute atomic E-state index is 0.0716. The average Bonchev–Trinajstić information content (AvgIpc) is 3.51. The summed E-state index contributed by atoms with van der Waals surface area (Å²) >= 11 is 1.61. The first-order valence-corrected chi connectivity index (χ1v) is 12.1. The molecule has 1 amide bonds. The number of hydrogen-bond acceptors (Lipinski definition) is 7. The van der Waals surface area contributed by atoms with E-state index in [2.05, 4.69) is 6.07 Å². The zero-order chi connectivity index (χ0) is 23.4. The second-order valence-electron chi connectivity index (χ2n) is 8.45. The number of carbonyl (C=O) groups excluding carboxylic acids is 1. The fourth-order valence-corrected chi connectivity index (χ4v) is 4.93. The Kier molecular flexibility index (Phi) is 7.35. The van der Waals surface area contributed by atoms with Gasteiger partial charge in [-0.1, -0.05) is 0 Å². The van der Waals surface area contributed by atoms with Crippen LogP contribution in [0, 0.1) is 0 Å². The highest BCUT2D eigenvalue weighted by atomic mass is 32.1. The van der Waals surface area contributed by atoms with E-state index in [-0.39, 0.29) is 12.0 Å². The fourth-order valence-electron chi connectivity index (χ4n) is 4.26. The summed E-state index contributed by atoms with van der Waals surface area (Å²) in [5.41, 5.74) is 2.73. The molecule has 1 aliphatic heterocycles. The number of fused-ring (bicyclic) bond motifs is 1. The molecule has 33 heavy (non-hydrogen) atoms. The van der Waals surface area contributed by atoms with Crippen LogP contribution in [0.3, 0.4) is 0 Å². The van der Waals surface area contributed by atoms with E-state index in [0.717, 1.165) is 53.0 Å². The van der Waals surface area contributed by atoms with Crippen LogP contribution in [0.2, 0.25) is 0 Å². The van der Waals surface area contributed by atoms with Gasteiger partial charge in [-0.2, -0.15) is 11.3 Å². The molecule has 7 nitrogen and oxygen atoms in total. The zero-order valence-corrected chi connectivity index (χ0v) is 20.5. The van der Waals surface area contributed by atoms with Crippen LogP contribution in [-0.4, -0.2) is 63.4 Å². The minimum Gasteiger partial charge on any atom is -0.496 e. The van der Waals surface area contributed by atoms with Crippen molar-refractivity contribution in [3.63, 3.8) is 0 Å². The van der Waals surface area contributed by atoms with Gasteiger partial charge in [-0.3, -0.25) is 4.79 Å². The average molecular weight is 470 g/mol. The van der Waals surface area contributed by atoms with E-state index in [1.165, 1.54) is 0 Å². The van der Waals surface area contributed by atoms with Gasteiger partial charge in [-0.05, 0) is 53.4 Å². The predicted molar refractivity (Wildman–Crippen MR) is 132 cm³/mol. The molecule has 3 heterocycles. The Labute approximate surface area is 198 Å². The van der Waals surface area contributed by atoms with Crippen LogP contribution in [0.4, 0.5) is 5.82 Å². The lowest BCUT2D eigenvalue weighted by atomic mass is 10.1. The Morgan fingerprint density at radius 2 is 2.00 bits per heavy atom. The zero-order valence-electron chi connectivity index (χ0n) is 19.7. The Balaban J connectivity index is 1.72. The number of aromatic nitrogens is 1. The van der Waals surface area contributed by atoms with E-state index in [4.69, 9.17) is 19.2 Å². The van der Waals surface area contributed by atoms with Gasteiger partial charge in [0.05, 0.1) is 26.7 Å². The normalized spacial score (nSPS) is 15.6. The molecule has 4 rings (SSSR count). The third-order valence-electron chi connectivity index (χ3n) is 5.92. The molecule has 1 saturated heterocycles. The lowest BCUT2D eigenvalue weighted by Gasteiger charge is -2.28. The molecule has 0 N–H and O–H groups in total. The number of rotatable bonds is 9. The quantitative estimate of drug-likeness (QED) is 0.470. The van der Waals surface area contributed by atoms with Gasteiger partial charge >= 0.3 is 0 Å². The van der Waals surface area contributed by atoms with Crippen molar-refractivity contribution in [3.8, 4) is 11.5 Å². The summed E-state index contributed by atoms with van der Waals surface area (Å²) in [6.45, 7) is 1.78. The molecule has 1 fully saturated rings. The Morgan fingerprint density at radius 3 is 2.64 bits per heavy atom. The summed E-state index contributed by atoms with van der Waals surface area (Å²) in [6, 6.07) is 7.82. The maximum Gasteiger partial charge on any atom is 0.227 e. The number of anilines is 1. The highest BCUT2D eigenvalue weighted by Gasteiger charge is 2.25. The summed E-state index contributed by atoms with van der Waals surface area (Å²) < 4.78 is 17.0. The third kappa shape index (κ3) is 5.23. The number of thiophene rings is 1. The van der Waals surface area contributed by atoms with Crippen molar-refractivity contribution in [3.05, 3.63) is 46.2 Å². The lowest BCUT2D eigenvalue weighted by molar-refractivity contribution is -0.132. The van der Waals surface area contributed by atoms with Crippen molar-refractivity contribution >= 4 is 34.0 Å². The van der Waals surface area contributed by atoms with E-state index < -0.39 is 0 Å². The molecule has 3 aromatic rings. The molecule has 0 saturated carbocycles. The van der Waals surface area contributed by atoms with Crippen molar-refractivity contribution < 1.29 is 19.0 Å². The van der Waals surface area contributed by atoms with Gasteiger partial charge in [-0.15, -0.1) is 0 Å². The molecule has 0 spiro atoms. The molecule has 176 valence electrons. The van der Waals surface area contributed by atoms with E-state index >= 15 is 0 Å². The number of benzene rings is 1. The van der Waals surface area contributed by atoms with Gasteiger partial charge in [-0.25, -0.2) is 4.98 Å². The van der Waals surface area contributed by atoms with Crippen molar-refractivity contribution in [1.82, 2.24) is 9.88 Å². The van der Waals surface area contributed by atoms with Crippen LogP contribution in [0.1, 0.15) is 24.0 Å². The summed E-state index contributed by atoms with van der Waals surface area (Å²) in [5.74, 6) is 2.30. The fraction of sp³-hybridized carbons (Fsp3) is 0.440. The molecular formula is C25H31N3O4S. The van der Waals surface area contributed by atoms with Gasteiger partial charge < -0.3 is 24.0 Å². The van der Waals surface area contributed by atoms with Gasteiger partial charge in [0.15, 0.2) is 0 Å². The molecule has 0 bridgehead atoms. The van der Waals surface area contributed by atoms with Crippen LogP contribution in [0.15, 0.2) is 35.0 Å². The first-order chi connectivity index (χ1) is 16.0. The second-order valence-corrected chi connectivity index (χ2v) is 9.23. The van der Waals surface area contributed by atoms with Crippen LogP contribution in [-0.2, 0) is 22.5 Å². The van der Waals surface area contributed by atoms with Crippen molar-refractivity contribution in [2.75, 3.05) is 46.4 Å². The Bertz CT molecular complexity index is 1090. The number of pyridine rings is 1. The number of methoxy groups -OCH3 is 2. The first-order valence-electron chi connectivity index (χ1n) is 11.1. The molecule has 1 unspecified atom stereocenters. The first kappa shape index (κ1) is 23.3. The number of amides is 1. The number of ether oxygens (including phenoxy) is 3. The largest absolute Gasteiger partial charge is 0.496 e. The van der Waals surface area contributed by atoms with Crippen molar-refractivity contribution in [2.24, 2.45) is 0 Å². The van der Waals surface area contributed by atoms with Gasteiger partial charge in [0.2, 0.25) is 5.91 Å². The summed E-state index contributed by atoms with van der Waals surface area (Å²) in [7, 11) is 7.21. The van der Waals surface area contributed by atoms with E-state index in [0.29, 0.717) is 25.3 Å². The lowest BCUT2D eigenvalue weighted by Crippen LogP contribution is -2.38. The van der Waals surface area contributed by atoms with Gasteiger partial charge in [0, 0.05) is 44.7 Å². The summed E-state index contributed by atoms with van der Waals surface area (Å²) in [4.78, 5) is 22.2. The topological polar surface area (TPSA) is 64.1 Å². The molecule has 2 aromatic heterocycles. The highest BCUT2D eigenvalue weighted by Crippen LogP contribution is 2.35. The maximum absolute atomic E-state index is 13.4. The molecule has 8 heteroatoms. The predicted octanol–water partition coefficient (Wildman–Crippen LogP) is 4.13. The Morgan fingerprint density at radius 1 is 1.21 bits per heavy atom. The van der Waals surface area contributed by atoms with Gasteiger partial charge in [0.25, 0.3) is 0 Å². The van der Waals surface area contributed by atoms with E-state index in [1.807, 2.05) is 52.9 Å². The molecule has 1 aromatic carbocycles. The molecule has 1 atom stereocenters. The molecular weight excluding hydrogens is 438 g/mol. The standard InChI is InChI=1S/C25H31N3O4S/c1-27(2)25-18(13-20-21(30-3)7-8-22(31-4)24(20)26-25)14-28(15-19-6-5-10-32-19)23(29)12-17-9-11-33-16-17/h7-9,11,13,16,19H,5-6,10,12,14-15H2,1-4H3. The molecule has 0 radical (unpaired) electrons. The third-order valence-corrected chi connectivity index (χ3v) is 6.66. The van der Waals surface area contributed by atoms with E-state index in [9.17, 15) is 4.79 Å². The number of hydrogen-bond donors (Lipinski definition) is 0. The van der Waals surface area contributed by atoms with Crippen LogP contribution >= 0.6 is 11.3 Å². The van der Waals surface area contributed by atoms with E-state index in [1.54, 1.807) is 25.6 Å². The van der Waals surface area contributed by atoms with Crippen LogP contribution in [0.5, 0.6) is 11.5 Å². The molecule has 0 aliphatic carbocycles. The van der Waals surface area contributed by atoms with Crippen LogP contribution < -0.4 is 14.4 Å². The minimum atomic E-state index is 0.0716. The monoisotopic (exact) mass is 469 g/mol.